The minimum Gasteiger partial charge on any atom is -0.273 e. The van der Waals surface area contributed by atoms with Crippen molar-refractivity contribution in [1.29, 1.82) is 0 Å². The van der Waals surface area contributed by atoms with Gasteiger partial charge in [-0.15, -0.1) is 0 Å². The molecule has 12 heavy (non-hydrogen) atoms. The van der Waals surface area contributed by atoms with Crippen LogP contribution in [0.25, 0.3) is 0 Å². The van der Waals surface area contributed by atoms with Crippen LogP contribution < -0.4 is 0 Å². The number of nitrogens with zero attached hydrogens (tertiary/aromatic N) is 2. The average molecular weight is 184 g/mol. The molecule has 0 aromatic carbocycles. The number of carbonyl (C=O) groups is 1. The van der Waals surface area contributed by atoms with Gasteiger partial charge in [-0.25, -0.2) is 0 Å². The van der Waals surface area contributed by atoms with E-state index in [2.05, 4.69) is 25.9 Å². The highest BCUT2D eigenvalue weighted by Gasteiger charge is 2.17. The van der Waals surface area contributed by atoms with Crippen molar-refractivity contribution >= 4 is 14.3 Å². The molecule has 0 fully saturated rings. The number of hydrogen-bond donors (Lipinski definition) is 0. The van der Waals surface area contributed by atoms with Gasteiger partial charge in [0.25, 0.3) is 0 Å². The fraction of sp³-hybridized carbons (Fsp3) is 0.625. The van der Waals surface area contributed by atoms with E-state index in [4.69, 9.17) is 0 Å². The van der Waals surface area contributed by atoms with Gasteiger partial charge < -0.3 is 0 Å². The Bertz CT molecular complexity index is 298. The van der Waals surface area contributed by atoms with Crippen molar-refractivity contribution in [3.8, 4) is 0 Å². The molecule has 1 aromatic heterocycles. The van der Waals surface area contributed by atoms with Crippen molar-refractivity contribution in [3.05, 3.63) is 11.5 Å². The molecule has 0 aliphatic heterocycles. The minimum absolute atomic E-state index is 0.00725. The molecule has 0 bridgehead atoms. The maximum Gasteiger partial charge on any atom is 0.247 e. The van der Waals surface area contributed by atoms with Gasteiger partial charge in [0, 0.05) is 26.5 Å². The van der Waals surface area contributed by atoms with Crippen LogP contribution in [0.2, 0.25) is 0 Å². The average Bonchev–Trinajstić information content (AvgIpc) is 2.30. The van der Waals surface area contributed by atoms with E-state index >= 15 is 0 Å². The molecule has 0 aliphatic rings. The van der Waals surface area contributed by atoms with Crippen molar-refractivity contribution in [1.82, 2.24) is 9.54 Å². The highest BCUT2D eigenvalue weighted by molar-refractivity contribution is 7.25. The second-order valence-electron chi connectivity index (χ2n) is 3.79. The molecule has 1 aromatic rings. The predicted octanol–water partition coefficient (Wildman–Crippen LogP) is 2.42. The molecule has 0 atom stereocenters. The van der Waals surface area contributed by atoms with E-state index in [9.17, 15) is 4.79 Å². The second-order valence-corrected chi connectivity index (χ2v) is 4.66. The van der Waals surface area contributed by atoms with Crippen LogP contribution in [0.3, 0.4) is 0 Å². The SMILES string of the molecule is CC(=O)n1nc(C(C)(C)C)cp1. The monoisotopic (exact) mass is 184 g/mol. The lowest BCUT2D eigenvalue weighted by Gasteiger charge is -2.13. The van der Waals surface area contributed by atoms with Gasteiger partial charge in [-0.1, -0.05) is 20.8 Å². The summed E-state index contributed by atoms with van der Waals surface area (Å²) in [6, 6.07) is 0. The molecular formula is C8H13N2OP. The molecule has 0 radical (unpaired) electrons. The highest BCUT2D eigenvalue weighted by Crippen LogP contribution is 2.23. The Morgan fingerprint density at radius 3 is 2.42 bits per heavy atom. The molecule has 66 valence electrons. The minimum atomic E-state index is -0.00725. The lowest BCUT2D eigenvalue weighted by molar-refractivity contribution is 0.0934. The van der Waals surface area contributed by atoms with Gasteiger partial charge in [-0.3, -0.25) is 4.79 Å². The molecule has 0 unspecified atom stereocenters. The topological polar surface area (TPSA) is 34.9 Å². The summed E-state index contributed by atoms with van der Waals surface area (Å²) in [7, 11) is 0.865. The second kappa shape index (κ2) is 2.98. The van der Waals surface area contributed by atoms with Crippen molar-refractivity contribution in [3.63, 3.8) is 0 Å². The Labute approximate surface area is 73.9 Å². The van der Waals surface area contributed by atoms with Gasteiger partial charge in [0.2, 0.25) is 5.91 Å². The van der Waals surface area contributed by atoms with Crippen LogP contribution in [0.15, 0.2) is 5.80 Å². The summed E-state index contributed by atoms with van der Waals surface area (Å²) < 4.78 is 1.46. The van der Waals surface area contributed by atoms with E-state index in [1.54, 1.807) is 0 Å². The normalized spacial score (nSPS) is 12.3. The van der Waals surface area contributed by atoms with Crippen LogP contribution in [-0.2, 0) is 5.41 Å². The zero-order chi connectivity index (χ0) is 9.35. The summed E-state index contributed by atoms with van der Waals surface area (Å²) >= 11 is 0. The fourth-order valence-corrected chi connectivity index (χ4v) is 1.73. The van der Waals surface area contributed by atoms with E-state index in [1.807, 2.05) is 5.80 Å². The molecular weight excluding hydrogens is 171 g/mol. The summed E-state index contributed by atoms with van der Waals surface area (Å²) in [6.45, 7) is 7.78. The van der Waals surface area contributed by atoms with Gasteiger partial charge in [0.05, 0.1) is 5.69 Å². The van der Waals surface area contributed by atoms with E-state index in [1.165, 1.54) is 11.4 Å². The molecule has 0 spiro atoms. The lowest BCUT2D eigenvalue weighted by Crippen LogP contribution is -2.14. The van der Waals surface area contributed by atoms with Gasteiger partial charge in [-0.2, -0.15) is 9.54 Å². The first-order valence-corrected chi connectivity index (χ1v) is 4.76. The lowest BCUT2D eigenvalue weighted by atomic mass is 9.94. The third-order valence-corrected chi connectivity index (χ3v) is 2.49. The molecule has 0 saturated heterocycles. The van der Waals surface area contributed by atoms with Crippen molar-refractivity contribution in [2.75, 3.05) is 0 Å². The molecule has 0 N–H and O–H groups in total. The Balaban J connectivity index is 3.00. The first kappa shape index (κ1) is 9.40. The molecule has 0 saturated carbocycles. The first-order chi connectivity index (χ1) is 5.41. The van der Waals surface area contributed by atoms with Crippen LogP contribution >= 0.6 is 8.35 Å². The van der Waals surface area contributed by atoms with E-state index in [-0.39, 0.29) is 11.3 Å². The van der Waals surface area contributed by atoms with Crippen molar-refractivity contribution in [2.45, 2.75) is 33.1 Å². The fourth-order valence-electron chi connectivity index (χ4n) is 0.758. The van der Waals surface area contributed by atoms with Crippen molar-refractivity contribution in [2.24, 2.45) is 0 Å². The maximum atomic E-state index is 10.9. The third kappa shape index (κ3) is 1.92. The van der Waals surface area contributed by atoms with E-state index in [0.29, 0.717) is 0 Å². The van der Waals surface area contributed by atoms with E-state index < -0.39 is 0 Å². The summed E-state index contributed by atoms with van der Waals surface area (Å²) in [5.41, 5.74) is 1.02. The number of rotatable bonds is 0. The zero-order valence-electron chi connectivity index (χ0n) is 7.83. The van der Waals surface area contributed by atoms with Gasteiger partial charge >= 0.3 is 0 Å². The molecule has 4 heteroatoms. The smallest absolute Gasteiger partial charge is 0.247 e. The molecule has 1 rings (SSSR count). The number of hydrogen-bond acceptors (Lipinski definition) is 2. The van der Waals surface area contributed by atoms with Gasteiger partial charge in [-0.05, 0) is 0 Å². The Morgan fingerprint density at radius 1 is 1.58 bits per heavy atom. The zero-order valence-corrected chi connectivity index (χ0v) is 8.72. The standard InChI is InChI=1S/C8H13N2OP/c1-6(11)10-9-7(5-12-10)8(2,3)4/h5H,1-4H3. The van der Waals surface area contributed by atoms with Crippen LogP contribution in [0.1, 0.15) is 38.2 Å². The van der Waals surface area contributed by atoms with Crippen LogP contribution in [-0.4, -0.2) is 15.5 Å². The van der Waals surface area contributed by atoms with Crippen LogP contribution in [0.4, 0.5) is 0 Å². The van der Waals surface area contributed by atoms with Gasteiger partial charge in [0.1, 0.15) is 0 Å². The quantitative estimate of drug-likeness (QED) is 0.620. The van der Waals surface area contributed by atoms with E-state index in [0.717, 1.165) is 14.0 Å². The first-order valence-electron chi connectivity index (χ1n) is 3.85. The molecule has 3 nitrogen and oxygen atoms in total. The summed E-state index contributed by atoms with van der Waals surface area (Å²) in [6.07, 6.45) is 0. The van der Waals surface area contributed by atoms with Gasteiger partial charge in [0.15, 0.2) is 0 Å². The Morgan fingerprint density at radius 2 is 2.17 bits per heavy atom. The van der Waals surface area contributed by atoms with Crippen molar-refractivity contribution < 1.29 is 4.79 Å². The predicted molar refractivity (Wildman–Crippen MR) is 49.7 cm³/mol. The maximum absolute atomic E-state index is 10.9. The number of aromatic nitrogens is 2. The number of carbonyl (C=O) groups excluding carboxylic acids is 1. The van der Waals surface area contributed by atoms with Crippen LogP contribution in [0, 0.1) is 0 Å². The largest absolute Gasteiger partial charge is 0.273 e. The molecule has 0 amide bonds. The molecule has 1 heterocycles. The van der Waals surface area contributed by atoms with Crippen LogP contribution in [0.5, 0.6) is 0 Å². The molecule has 0 aliphatic carbocycles. The summed E-state index contributed by atoms with van der Waals surface area (Å²) in [4.78, 5) is 10.9. The third-order valence-electron chi connectivity index (χ3n) is 1.54. The summed E-state index contributed by atoms with van der Waals surface area (Å²) in [5.74, 6) is 1.97. The Kier molecular flexibility index (Phi) is 2.34. The highest BCUT2D eigenvalue weighted by atomic mass is 31.0. The summed E-state index contributed by atoms with van der Waals surface area (Å²) in [5, 5.41) is 4.19. The Hall–Kier alpha value is -0.690.